The number of nitrogens with zero attached hydrogens (tertiary/aromatic N) is 4. The number of anilines is 1. The van der Waals surface area contributed by atoms with Gasteiger partial charge in [0.1, 0.15) is 17.7 Å². The quantitative estimate of drug-likeness (QED) is 0.179. The molecule has 1 N–H and O–H groups in total. The topological polar surface area (TPSA) is 98.6 Å². The highest BCUT2D eigenvalue weighted by Crippen LogP contribution is 2.58. The lowest BCUT2D eigenvalue weighted by molar-refractivity contribution is -0.124. The van der Waals surface area contributed by atoms with Crippen LogP contribution in [0.4, 0.5) is 10.6 Å². The van der Waals surface area contributed by atoms with Crippen molar-refractivity contribution in [2.24, 2.45) is 11.3 Å². The number of amides is 2. The van der Waals surface area contributed by atoms with Gasteiger partial charge in [-0.2, -0.15) is 5.10 Å². The van der Waals surface area contributed by atoms with Gasteiger partial charge in [-0.3, -0.25) is 14.4 Å². The lowest BCUT2D eigenvalue weighted by Crippen LogP contribution is -2.52. The second-order valence-corrected chi connectivity index (χ2v) is 16.3. The standard InChI is InChI=1S/C42H59N5O4/c1-7-9-23-44-39(49)51-35-13-10-31(11-14-35)38(48)46(37-26-32(16-24-43-37)33-27-45-47(28-33)40(4,5)8-2)29-41-17-20-42(21-18-41,22-19-41)34-12-15-36(50-6)30(3)25-34/h12,15-16,24-28,31,35H,7-11,13-14,17-23,29H2,1-6H3,(H,44,49)/t31-,35-,41?,42?. The van der Waals surface area contributed by atoms with Crippen LogP contribution >= 0.6 is 0 Å². The maximum absolute atomic E-state index is 14.7. The summed E-state index contributed by atoms with van der Waals surface area (Å²) in [6, 6.07) is 10.8. The lowest BCUT2D eigenvalue weighted by atomic mass is 9.51. The molecule has 276 valence electrons. The molecule has 4 aliphatic carbocycles. The van der Waals surface area contributed by atoms with Gasteiger partial charge in [0, 0.05) is 37.0 Å². The monoisotopic (exact) mass is 697 g/mol. The van der Waals surface area contributed by atoms with E-state index in [1.165, 1.54) is 11.1 Å². The first-order valence-corrected chi connectivity index (χ1v) is 19.4. The Hall–Kier alpha value is -3.88. The van der Waals surface area contributed by atoms with E-state index in [-0.39, 0.29) is 40.4 Å². The molecule has 2 heterocycles. The maximum atomic E-state index is 14.7. The number of carbonyl (C=O) groups excluding carboxylic acids is 2. The van der Waals surface area contributed by atoms with Gasteiger partial charge >= 0.3 is 6.09 Å². The zero-order valence-corrected chi connectivity index (χ0v) is 31.8. The number of rotatable bonds is 13. The Bertz CT molecular complexity index is 1650. The van der Waals surface area contributed by atoms with Gasteiger partial charge in [-0.15, -0.1) is 0 Å². The number of hydrogen-bond donors (Lipinski definition) is 1. The fourth-order valence-electron chi connectivity index (χ4n) is 8.67. The van der Waals surface area contributed by atoms with Crippen LogP contribution in [0.3, 0.4) is 0 Å². The molecule has 2 aromatic heterocycles. The summed E-state index contributed by atoms with van der Waals surface area (Å²) in [6.45, 7) is 12.1. The Balaban J connectivity index is 1.22. The average Bonchev–Trinajstić information content (AvgIpc) is 3.67. The molecule has 0 aliphatic heterocycles. The second-order valence-electron chi connectivity index (χ2n) is 16.3. The minimum atomic E-state index is -0.346. The number of nitrogens with one attached hydrogen (secondary N) is 1. The molecule has 9 nitrogen and oxygen atoms in total. The van der Waals surface area contributed by atoms with Gasteiger partial charge in [0.25, 0.3) is 0 Å². The van der Waals surface area contributed by atoms with Gasteiger partial charge in [-0.05, 0) is 144 Å². The largest absolute Gasteiger partial charge is 0.496 e. The molecular formula is C42H59N5O4. The number of benzene rings is 1. The van der Waals surface area contributed by atoms with Gasteiger partial charge in [0.05, 0.1) is 18.8 Å². The van der Waals surface area contributed by atoms with Crippen LogP contribution in [0.5, 0.6) is 5.75 Å². The number of aryl methyl sites for hydroxylation is 1. The van der Waals surface area contributed by atoms with Crippen LogP contribution in [0.1, 0.15) is 122 Å². The third-order valence-corrected chi connectivity index (χ3v) is 12.7. The maximum Gasteiger partial charge on any atom is 0.407 e. The number of carbonyl (C=O) groups is 2. The number of aromatic nitrogens is 3. The molecule has 0 spiro atoms. The van der Waals surface area contributed by atoms with E-state index in [0.29, 0.717) is 38.8 Å². The number of hydrogen-bond acceptors (Lipinski definition) is 6. The van der Waals surface area contributed by atoms with E-state index in [4.69, 9.17) is 19.6 Å². The van der Waals surface area contributed by atoms with Crippen LogP contribution in [0.25, 0.3) is 11.1 Å². The van der Waals surface area contributed by atoms with Crippen LogP contribution in [-0.2, 0) is 20.5 Å². The first kappa shape index (κ1) is 36.9. The summed E-state index contributed by atoms with van der Waals surface area (Å²) in [5.74, 6) is 1.68. The molecule has 2 bridgehead atoms. The molecule has 0 radical (unpaired) electrons. The molecular weight excluding hydrogens is 638 g/mol. The van der Waals surface area contributed by atoms with Crippen LogP contribution in [-0.4, -0.2) is 53.1 Å². The molecule has 3 aromatic rings. The molecule has 0 saturated heterocycles. The number of unbranched alkanes of at least 4 members (excludes halogenated alkanes) is 1. The van der Waals surface area contributed by atoms with Gasteiger partial charge in [-0.1, -0.05) is 32.4 Å². The smallest absolute Gasteiger partial charge is 0.407 e. The number of pyridine rings is 1. The first-order valence-electron chi connectivity index (χ1n) is 19.4. The third-order valence-electron chi connectivity index (χ3n) is 12.7. The molecule has 2 amide bonds. The molecule has 4 aliphatic rings. The summed E-state index contributed by atoms with van der Waals surface area (Å²) in [4.78, 5) is 33.9. The number of fused-ring (bicyclic) bond motifs is 3. The Morgan fingerprint density at radius 1 is 1.00 bits per heavy atom. The minimum Gasteiger partial charge on any atom is -0.496 e. The van der Waals surface area contributed by atoms with E-state index in [2.05, 4.69) is 70.4 Å². The summed E-state index contributed by atoms with van der Waals surface area (Å²) >= 11 is 0. The van der Waals surface area contributed by atoms with E-state index < -0.39 is 0 Å². The van der Waals surface area contributed by atoms with E-state index in [9.17, 15) is 9.59 Å². The van der Waals surface area contributed by atoms with Gasteiger partial charge < -0.3 is 14.8 Å². The zero-order chi connectivity index (χ0) is 36.2. The fraction of sp³-hybridized carbons (Fsp3) is 0.619. The molecule has 0 unspecified atom stereocenters. The average molecular weight is 698 g/mol. The normalized spacial score (nSPS) is 24.6. The summed E-state index contributed by atoms with van der Waals surface area (Å²) in [7, 11) is 1.74. The first-order chi connectivity index (χ1) is 24.5. The number of ether oxygens (including phenoxy) is 2. The summed E-state index contributed by atoms with van der Waals surface area (Å²) in [5.41, 5.74) is 4.83. The second kappa shape index (κ2) is 15.4. The van der Waals surface area contributed by atoms with Crippen molar-refractivity contribution < 1.29 is 19.1 Å². The van der Waals surface area contributed by atoms with Crippen molar-refractivity contribution in [3.8, 4) is 16.9 Å². The third kappa shape index (κ3) is 7.97. The van der Waals surface area contributed by atoms with Crippen LogP contribution in [0.15, 0.2) is 48.9 Å². The van der Waals surface area contributed by atoms with Crippen LogP contribution < -0.4 is 15.0 Å². The van der Waals surface area contributed by atoms with Gasteiger partial charge in [0.2, 0.25) is 5.91 Å². The predicted molar refractivity (Wildman–Crippen MR) is 202 cm³/mol. The van der Waals surface area contributed by atoms with Gasteiger partial charge in [-0.25, -0.2) is 9.78 Å². The lowest BCUT2D eigenvalue weighted by Gasteiger charge is -2.55. The van der Waals surface area contributed by atoms with Crippen molar-refractivity contribution in [1.29, 1.82) is 0 Å². The van der Waals surface area contributed by atoms with Crippen molar-refractivity contribution in [3.05, 3.63) is 60.0 Å². The van der Waals surface area contributed by atoms with Crippen LogP contribution in [0, 0.1) is 18.3 Å². The Morgan fingerprint density at radius 2 is 1.73 bits per heavy atom. The SMILES string of the molecule is CCCCNC(=O)O[C@H]1CC[C@H](C(=O)N(CC23CCC(c4ccc(OC)c(C)c4)(CC2)CC3)c2cc(-c3cnn(C(C)(C)CC)c3)ccn2)CC1. The van der Waals surface area contributed by atoms with E-state index in [1.807, 2.05) is 28.0 Å². The van der Waals surface area contributed by atoms with Crippen molar-refractivity contribution >= 4 is 17.8 Å². The predicted octanol–water partition coefficient (Wildman–Crippen LogP) is 9.12. The van der Waals surface area contributed by atoms with Crippen LogP contribution in [0.2, 0.25) is 0 Å². The molecule has 51 heavy (non-hydrogen) atoms. The Kier molecular flexibility index (Phi) is 11.1. The minimum absolute atomic E-state index is 0.0591. The molecule has 7 rings (SSSR count). The summed E-state index contributed by atoms with van der Waals surface area (Å²) in [5, 5.41) is 7.57. The molecule has 9 heteroatoms. The molecule has 4 fully saturated rings. The van der Waals surface area contributed by atoms with Crippen molar-refractivity contribution in [1.82, 2.24) is 20.1 Å². The van der Waals surface area contributed by atoms with Crippen molar-refractivity contribution in [2.45, 2.75) is 135 Å². The highest BCUT2D eigenvalue weighted by atomic mass is 16.6. The van der Waals surface area contributed by atoms with Crippen molar-refractivity contribution in [3.63, 3.8) is 0 Å². The van der Waals surface area contributed by atoms with Crippen molar-refractivity contribution in [2.75, 3.05) is 25.1 Å². The summed E-state index contributed by atoms with van der Waals surface area (Å²) in [6.07, 6.45) is 17.7. The zero-order valence-electron chi connectivity index (χ0n) is 31.8. The van der Waals surface area contributed by atoms with Gasteiger partial charge in [0.15, 0.2) is 0 Å². The highest BCUT2D eigenvalue weighted by molar-refractivity contribution is 5.95. The van der Waals surface area contributed by atoms with E-state index in [0.717, 1.165) is 80.5 Å². The Morgan fingerprint density at radius 3 is 2.37 bits per heavy atom. The molecule has 4 saturated carbocycles. The van der Waals surface area contributed by atoms with E-state index >= 15 is 0 Å². The number of methoxy groups -OCH3 is 1. The number of alkyl carbamates (subject to hydrolysis) is 1. The fourth-order valence-corrected chi connectivity index (χ4v) is 8.67. The Labute approximate surface area is 304 Å². The molecule has 1 aromatic carbocycles. The summed E-state index contributed by atoms with van der Waals surface area (Å²) < 4.78 is 13.3. The van der Waals surface area contributed by atoms with E-state index in [1.54, 1.807) is 7.11 Å². The molecule has 0 atom stereocenters. The highest BCUT2D eigenvalue weighted by Gasteiger charge is 2.51.